The van der Waals surface area contributed by atoms with Gasteiger partial charge in [-0.3, -0.25) is 0 Å². The normalized spacial score (nSPS) is 7.25. The van der Waals surface area contributed by atoms with Crippen molar-refractivity contribution in [1.82, 2.24) is 0 Å². The zero-order chi connectivity index (χ0) is 6.99. The summed E-state index contributed by atoms with van der Waals surface area (Å²) in [6, 6.07) is 0. The monoisotopic (exact) mass is 205 g/mol. The van der Waals surface area contributed by atoms with Gasteiger partial charge in [-0.05, 0) is 5.92 Å². The van der Waals surface area contributed by atoms with Crippen molar-refractivity contribution >= 4 is 19.4 Å². The molecule has 0 aromatic heterocycles. The van der Waals surface area contributed by atoms with Crippen molar-refractivity contribution in [3.8, 4) is 0 Å². The molecule has 0 aromatic carbocycles. The molecule has 0 bridgehead atoms. The summed E-state index contributed by atoms with van der Waals surface area (Å²) in [7, 11) is 9.90. The van der Waals surface area contributed by atoms with Crippen LogP contribution in [-0.4, -0.2) is 0 Å². The summed E-state index contributed by atoms with van der Waals surface area (Å²) in [4.78, 5) is 0. The Morgan fingerprint density at radius 2 is 1.62 bits per heavy atom. The van der Waals surface area contributed by atoms with E-state index in [2.05, 4.69) is 20.8 Å². The number of halogens is 2. The van der Waals surface area contributed by atoms with Crippen LogP contribution in [-0.2, 0) is 15.1 Å². The molecule has 0 aromatic rings. The molecule has 0 amide bonds. The van der Waals surface area contributed by atoms with Gasteiger partial charge >= 0.3 is 34.5 Å². The van der Waals surface area contributed by atoms with Gasteiger partial charge in [0.05, 0.1) is 0 Å². The van der Waals surface area contributed by atoms with Crippen molar-refractivity contribution in [2.75, 3.05) is 0 Å². The molecule has 3 heteroatoms. The van der Waals surface area contributed by atoms with Gasteiger partial charge in [0.1, 0.15) is 0 Å². The standard InChI is InChI=1S/C5H11.2ClH.Zn/c1-4-5(2)3;;;/h5H,1,4H2,2-3H3;2*1H;/q;;;+2/p-2. The fourth-order valence-corrected chi connectivity index (χ4v) is 0. The molecular formula is C5H11Cl2Zn. The first-order valence-corrected chi connectivity index (χ1v) is 10.4. The Morgan fingerprint density at radius 3 is 1.62 bits per heavy atom. The van der Waals surface area contributed by atoms with E-state index >= 15 is 0 Å². The van der Waals surface area contributed by atoms with Crippen LogP contribution in [0.5, 0.6) is 0 Å². The summed E-state index contributed by atoms with van der Waals surface area (Å²) < 4.78 is 0. The summed E-state index contributed by atoms with van der Waals surface area (Å²) in [6.07, 6.45) is 1.06. The Balaban J connectivity index is 0. The van der Waals surface area contributed by atoms with Crippen molar-refractivity contribution in [3.63, 3.8) is 0 Å². The first-order chi connectivity index (χ1) is 3.68. The Bertz CT molecular complexity index is 31.6. The average Bonchev–Trinajstić information content (AvgIpc) is 1.69. The molecule has 0 nitrogen and oxygen atoms in total. The van der Waals surface area contributed by atoms with Gasteiger partial charge in [-0.15, -0.1) is 0 Å². The summed E-state index contributed by atoms with van der Waals surface area (Å²) >= 11 is -0.931. The summed E-state index contributed by atoms with van der Waals surface area (Å²) in [5.74, 6) is 0.773. The van der Waals surface area contributed by atoms with E-state index in [0.29, 0.717) is 0 Å². The minimum atomic E-state index is -0.931. The van der Waals surface area contributed by atoms with Crippen molar-refractivity contribution in [3.05, 3.63) is 6.92 Å². The zero-order valence-electron chi connectivity index (χ0n) is 5.45. The van der Waals surface area contributed by atoms with Crippen molar-refractivity contribution in [1.29, 1.82) is 0 Å². The van der Waals surface area contributed by atoms with Crippen LogP contribution in [0.3, 0.4) is 0 Å². The number of hydrogen-bond acceptors (Lipinski definition) is 0. The molecule has 0 rings (SSSR count). The van der Waals surface area contributed by atoms with Crippen LogP contribution in [0.1, 0.15) is 20.3 Å². The molecule has 0 atom stereocenters. The van der Waals surface area contributed by atoms with Crippen molar-refractivity contribution in [2.24, 2.45) is 5.92 Å². The van der Waals surface area contributed by atoms with Gasteiger partial charge in [0.15, 0.2) is 0 Å². The number of hydrogen-bond donors (Lipinski definition) is 0. The SMILES string of the molecule is [CH2]CC(C)C.[Cl][Zn][Cl]. The Kier molecular flexibility index (Phi) is 16.5. The quantitative estimate of drug-likeness (QED) is 0.579. The molecule has 0 saturated heterocycles. The molecule has 0 aliphatic carbocycles. The van der Waals surface area contributed by atoms with E-state index in [1.165, 1.54) is 0 Å². The van der Waals surface area contributed by atoms with Gasteiger partial charge in [0.25, 0.3) is 0 Å². The molecule has 0 unspecified atom stereocenters. The Labute approximate surface area is 67.6 Å². The molecule has 47 valence electrons. The maximum absolute atomic E-state index is 4.95. The van der Waals surface area contributed by atoms with E-state index in [-0.39, 0.29) is 0 Å². The first-order valence-electron chi connectivity index (χ1n) is 2.60. The average molecular weight is 207 g/mol. The van der Waals surface area contributed by atoms with Crippen LogP contribution in [0.25, 0.3) is 0 Å². The summed E-state index contributed by atoms with van der Waals surface area (Å²) in [6.45, 7) is 8.00. The van der Waals surface area contributed by atoms with Crippen molar-refractivity contribution < 1.29 is 15.1 Å². The van der Waals surface area contributed by atoms with E-state index in [1.807, 2.05) is 0 Å². The molecular weight excluding hydrogens is 196 g/mol. The zero-order valence-corrected chi connectivity index (χ0v) is 9.93. The predicted molar refractivity (Wildman–Crippen MR) is 36.5 cm³/mol. The first kappa shape index (κ1) is 11.9. The van der Waals surface area contributed by atoms with Gasteiger partial charge in [-0.1, -0.05) is 27.2 Å². The van der Waals surface area contributed by atoms with Crippen LogP contribution in [0.4, 0.5) is 0 Å². The summed E-state index contributed by atoms with van der Waals surface area (Å²) in [5.41, 5.74) is 0. The molecule has 0 N–H and O–H groups in total. The van der Waals surface area contributed by atoms with Crippen LogP contribution in [0.15, 0.2) is 0 Å². The molecule has 0 fully saturated rings. The number of rotatable bonds is 1. The van der Waals surface area contributed by atoms with Gasteiger partial charge in [0.2, 0.25) is 0 Å². The van der Waals surface area contributed by atoms with Gasteiger partial charge < -0.3 is 0 Å². The Morgan fingerprint density at radius 1 is 1.50 bits per heavy atom. The van der Waals surface area contributed by atoms with Crippen molar-refractivity contribution in [2.45, 2.75) is 20.3 Å². The van der Waals surface area contributed by atoms with Gasteiger partial charge in [0, 0.05) is 0 Å². The summed E-state index contributed by atoms with van der Waals surface area (Å²) in [5, 5.41) is 0. The third-order valence-corrected chi connectivity index (χ3v) is 0.577. The molecule has 0 heterocycles. The molecule has 0 aliphatic rings. The van der Waals surface area contributed by atoms with Crippen LogP contribution >= 0.6 is 19.4 Å². The third-order valence-electron chi connectivity index (χ3n) is 0.577. The molecule has 0 saturated carbocycles. The predicted octanol–water partition coefficient (Wildman–Crippen LogP) is 3.24. The van der Waals surface area contributed by atoms with Crippen LogP contribution < -0.4 is 0 Å². The second kappa shape index (κ2) is 11.1. The fraction of sp³-hybridized carbons (Fsp3) is 0.800. The molecule has 8 heavy (non-hydrogen) atoms. The molecule has 0 aliphatic heterocycles. The minimum absolute atomic E-state index is 0.773. The van der Waals surface area contributed by atoms with Crippen LogP contribution in [0, 0.1) is 12.8 Å². The van der Waals surface area contributed by atoms with E-state index in [1.54, 1.807) is 0 Å². The second-order valence-corrected chi connectivity index (χ2v) is 6.41. The van der Waals surface area contributed by atoms with Crippen LogP contribution in [0.2, 0.25) is 0 Å². The fourth-order valence-electron chi connectivity index (χ4n) is 0. The molecule has 1 radical (unpaired) electrons. The van der Waals surface area contributed by atoms with Gasteiger partial charge in [-0.25, -0.2) is 0 Å². The second-order valence-electron chi connectivity index (χ2n) is 1.78. The van der Waals surface area contributed by atoms with E-state index in [4.69, 9.17) is 19.4 Å². The maximum atomic E-state index is 4.95. The third kappa shape index (κ3) is 27.0. The topological polar surface area (TPSA) is 0 Å². The Hall–Kier alpha value is 1.20. The van der Waals surface area contributed by atoms with Gasteiger partial charge in [-0.2, -0.15) is 0 Å². The van der Waals surface area contributed by atoms with E-state index in [0.717, 1.165) is 12.3 Å². The molecule has 0 spiro atoms. The van der Waals surface area contributed by atoms with E-state index in [9.17, 15) is 0 Å². The van der Waals surface area contributed by atoms with E-state index < -0.39 is 15.1 Å².